The van der Waals surface area contributed by atoms with E-state index in [2.05, 4.69) is 25.0 Å². The molecule has 114 valence electrons. The lowest BCUT2D eigenvalue weighted by atomic mass is 10.4. The second-order valence-electron chi connectivity index (χ2n) is 4.39. The highest BCUT2D eigenvalue weighted by molar-refractivity contribution is 6.31. The van der Waals surface area contributed by atoms with Gasteiger partial charge in [0.2, 0.25) is 0 Å². The molecular formula is C14H15ClN6O. The third-order valence-electron chi connectivity index (χ3n) is 2.63. The Morgan fingerprint density at radius 3 is 2.86 bits per heavy atom. The van der Waals surface area contributed by atoms with Crippen LogP contribution in [0.25, 0.3) is 0 Å². The van der Waals surface area contributed by atoms with E-state index in [1.54, 1.807) is 13.0 Å². The van der Waals surface area contributed by atoms with Gasteiger partial charge in [0.25, 0.3) is 0 Å². The molecular weight excluding hydrogens is 304 g/mol. The number of hydrazone groups is 1. The van der Waals surface area contributed by atoms with Gasteiger partial charge in [0, 0.05) is 5.69 Å². The molecule has 7 nitrogen and oxygen atoms in total. The molecule has 2 rings (SSSR count). The average Bonchev–Trinajstić information content (AvgIpc) is 2.51. The zero-order valence-electron chi connectivity index (χ0n) is 12.2. The number of halogens is 1. The first-order chi connectivity index (χ1) is 10.6. The molecule has 0 atom stereocenters. The van der Waals surface area contributed by atoms with Crippen molar-refractivity contribution in [2.45, 2.75) is 13.8 Å². The summed E-state index contributed by atoms with van der Waals surface area (Å²) in [7, 11) is 0. The van der Waals surface area contributed by atoms with Crippen molar-refractivity contribution in [2.75, 3.05) is 6.61 Å². The summed E-state index contributed by atoms with van der Waals surface area (Å²) in [5, 5.41) is 4.09. The van der Waals surface area contributed by atoms with Crippen LogP contribution in [0.5, 0.6) is 6.01 Å². The Kier molecular flexibility index (Phi) is 5.37. The van der Waals surface area contributed by atoms with Crippen molar-refractivity contribution in [1.82, 2.24) is 15.0 Å². The van der Waals surface area contributed by atoms with Gasteiger partial charge in [0.05, 0.1) is 23.1 Å². The van der Waals surface area contributed by atoms with E-state index in [9.17, 15) is 0 Å². The SMILES string of the molecule is Cc1cccc(N=CC(COc2ncc(Cl)c(C)n2)=NN)n1. The van der Waals surface area contributed by atoms with Crippen LogP contribution in [0.3, 0.4) is 0 Å². The van der Waals surface area contributed by atoms with Gasteiger partial charge in [0.1, 0.15) is 12.3 Å². The van der Waals surface area contributed by atoms with Crippen LogP contribution in [0.15, 0.2) is 34.5 Å². The molecule has 0 amide bonds. The topological polar surface area (TPSA) is 98.6 Å². The number of aromatic nitrogens is 3. The van der Waals surface area contributed by atoms with Crippen molar-refractivity contribution in [3.63, 3.8) is 0 Å². The van der Waals surface area contributed by atoms with Gasteiger partial charge in [-0.1, -0.05) is 17.7 Å². The van der Waals surface area contributed by atoms with Gasteiger partial charge in [0.15, 0.2) is 5.82 Å². The summed E-state index contributed by atoms with van der Waals surface area (Å²) in [6.07, 6.45) is 2.97. The maximum absolute atomic E-state index is 5.85. The van der Waals surface area contributed by atoms with Crippen LogP contribution in [-0.4, -0.2) is 33.5 Å². The molecule has 0 bridgehead atoms. The van der Waals surface area contributed by atoms with E-state index in [0.29, 0.717) is 22.2 Å². The summed E-state index contributed by atoms with van der Waals surface area (Å²) >= 11 is 5.85. The Morgan fingerprint density at radius 1 is 1.36 bits per heavy atom. The lowest BCUT2D eigenvalue weighted by Gasteiger charge is -2.04. The minimum Gasteiger partial charge on any atom is -0.457 e. The number of aliphatic imine (C=N–C) groups is 1. The summed E-state index contributed by atoms with van der Waals surface area (Å²) < 4.78 is 5.40. The summed E-state index contributed by atoms with van der Waals surface area (Å²) in [5.74, 6) is 5.89. The van der Waals surface area contributed by atoms with E-state index < -0.39 is 0 Å². The molecule has 2 heterocycles. The molecule has 0 radical (unpaired) electrons. The lowest BCUT2D eigenvalue weighted by molar-refractivity contribution is 0.345. The van der Waals surface area contributed by atoms with E-state index >= 15 is 0 Å². The first-order valence-corrected chi connectivity index (χ1v) is 6.82. The van der Waals surface area contributed by atoms with Gasteiger partial charge >= 0.3 is 6.01 Å². The van der Waals surface area contributed by atoms with Crippen LogP contribution in [-0.2, 0) is 0 Å². The fourth-order valence-electron chi connectivity index (χ4n) is 1.49. The average molecular weight is 319 g/mol. The summed E-state index contributed by atoms with van der Waals surface area (Å²) in [6.45, 7) is 3.74. The molecule has 2 aromatic rings. The number of rotatable bonds is 5. The molecule has 0 fully saturated rings. The van der Waals surface area contributed by atoms with E-state index in [1.165, 1.54) is 12.4 Å². The van der Waals surface area contributed by atoms with Gasteiger partial charge in [-0.2, -0.15) is 10.1 Å². The van der Waals surface area contributed by atoms with Gasteiger partial charge < -0.3 is 10.6 Å². The molecule has 0 saturated heterocycles. The predicted molar refractivity (Wildman–Crippen MR) is 86.0 cm³/mol. The van der Waals surface area contributed by atoms with E-state index in [0.717, 1.165) is 5.69 Å². The Morgan fingerprint density at radius 2 is 2.18 bits per heavy atom. The van der Waals surface area contributed by atoms with Crippen molar-refractivity contribution in [2.24, 2.45) is 15.9 Å². The van der Waals surface area contributed by atoms with Crippen molar-refractivity contribution in [3.05, 3.63) is 40.8 Å². The Balaban J connectivity index is 1.99. The number of nitrogens with two attached hydrogens (primary N) is 1. The highest BCUT2D eigenvalue weighted by atomic mass is 35.5. The lowest BCUT2D eigenvalue weighted by Crippen LogP contribution is -2.16. The third kappa shape index (κ3) is 4.49. The molecule has 0 spiro atoms. The molecule has 0 unspecified atom stereocenters. The monoisotopic (exact) mass is 318 g/mol. The third-order valence-corrected chi connectivity index (χ3v) is 3.00. The van der Waals surface area contributed by atoms with Crippen molar-refractivity contribution >= 4 is 29.3 Å². The predicted octanol–water partition coefficient (Wildman–Crippen LogP) is 2.24. The van der Waals surface area contributed by atoms with Crippen LogP contribution < -0.4 is 10.6 Å². The number of aryl methyl sites for hydroxylation is 2. The highest BCUT2D eigenvalue weighted by Crippen LogP contribution is 2.13. The van der Waals surface area contributed by atoms with Crippen LogP contribution >= 0.6 is 11.6 Å². The fraction of sp³-hybridized carbons (Fsp3) is 0.214. The van der Waals surface area contributed by atoms with Crippen LogP contribution in [0.1, 0.15) is 11.4 Å². The number of nitrogens with zero attached hydrogens (tertiary/aromatic N) is 5. The summed E-state index contributed by atoms with van der Waals surface area (Å²) in [5.41, 5.74) is 1.94. The van der Waals surface area contributed by atoms with Crippen molar-refractivity contribution in [1.29, 1.82) is 0 Å². The number of hydrogen-bond acceptors (Lipinski definition) is 7. The van der Waals surface area contributed by atoms with Gasteiger partial charge in [-0.3, -0.25) is 0 Å². The first kappa shape index (κ1) is 15.8. The molecule has 0 aliphatic heterocycles. The van der Waals surface area contributed by atoms with Crippen LogP contribution in [0.4, 0.5) is 5.82 Å². The van der Waals surface area contributed by atoms with Crippen molar-refractivity contribution in [3.8, 4) is 6.01 Å². The van der Waals surface area contributed by atoms with Gasteiger partial charge in [-0.15, -0.1) is 0 Å². The quantitative estimate of drug-likeness (QED) is 0.518. The summed E-state index contributed by atoms with van der Waals surface area (Å²) in [6, 6.07) is 5.74. The smallest absolute Gasteiger partial charge is 0.317 e. The minimum absolute atomic E-state index is 0.0902. The molecule has 2 N–H and O–H groups in total. The van der Waals surface area contributed by atoms with E-state index in [1.807, 2.05) is 19.1 Å². The Bertz CT molecular complexity index is 716. The normalized spacial score (nSPS) is 11.9. The van der Waals surface area contributed by atoms with E-state index in [-0.39, 0.29) is 12.6 Å². The van der Waals surface area contributed by atoms with Crippen LogP contribution in [0, 0.1) is 13.8 Å². The Hall–Kier alpha value is -2.54. The Labute approximate surface area is 132 Å². The highest BCUT2D eigenvalue weighted by Gasteiger charge is 2.04. The van der Waals surface area contributed by atoms with Gasteiger partial charge in [-0.05, 0) is 26.0 Å². The molecule has 0 saturated carbocycles. The maximum Gasteiger partial charge on any atom is 0.317 e. The molecule has 0 aromatic carbocycles. The number of pyridine rings is 1. The molecule has 0 aliphatic carbocycles. The molecule has 8 heteroatoms. The number of hydrogen-bond donors (Lipinski definition) is 1. The first-order valence-electron chi connectivity index (χ1n) is 6.45. The summed E-state index contributed by atoms with van der Waals surface area (Å²) in [4.78, 5) is 16.5. The fourth-order valence-corrected chi connectivity index (χ4v) is 1.58. The van der Waals surface area contributed by atoms with Crippen LogP contribution in [0.2, 0.25) is 5.02 Å². The zero-order chi connectivity index (χ0) is 15.9. The minimum atomic E-state index is 0.0902. The standard InChI is InChI=1S/C14H15ClN6O/c1-9-4-3-5-13(19-9)17-6-11(21-16)8-22-14-18-7-12(15)10(2)20-14/h3-7H,8,16H2,1-2H3. The largest absolute Gasteiger partial charge is 0.457 e. The molecule has 0 aliphatic rings. The maximum atomic E-state index is 5.85. The second-order valence-corrected chi connectivity index (χ2v) is 4.80. The van der Waals surface area contributed by atoms with E-state index in [4.69, 9.17) is 22.2 Å². The molecule has 2 aromatic heterocycles. The zero-order valence-corrected chi connectivity index (χ0v) is 12.9. The van der Waals surface area contributed by atoms with Gasteiger partial charge in [-0.25, -0.2) is 15.0 Å². The second kappa shape index (κ2) is 7.46. The molecule has 22 heavy (non-hydrogen) atoms. The number of ether oxygens (including phenoxy) is 1. The van der Waals surface area contributed by atoms with Crippen molar-refractivity contribution < 1.29 is 4.74 Å².